The predicted octanol–water partition coefficient (Wildman–Crippen LogP) is 4.13. The van der Waals surface area contributed by atoms with E-state index in [0.29, 0.717) is 30.5 Å². The highest BCUT2D eigenvalue weighted by molar-refractivity contribution is 9.10. The van der Waals surface area contributed by atoms with Gasteiger partial charge in [0.05, 0.1) is 11.0 Å². The first-order valence-electron chi connectivity index (χ1n) is 10.5. The van der Waals surface area contributed by atoms with Gasteiger partial charge in [0.1, 0.15) is 17.2 Å². The minimum atomic E-state index is -0.348. The van der Waals surface area contributed by atoms with Crippen LogP contribution in [0, 0.1) is 0 Å². The molecule has 0 aliphatic rings. The van der Waals surface area contributed by atoms with E-state index in [2.05, 4.69) is 41.8 Å². The molecule has 0 unspecified atom stereocenters. The Labute approximate surface area is 204 Å². The zero-order chi connectivity index (χ0) is 24.1. The number of nitrogens with one attached hydrogen (secondary N) is 3. The summed E-state index contributed by atoms with van der Waals surface area (Å²) in [5, 5.41) is 8.65. The van der Waals surface area contributed by atoms with Gasteiger partial charge in [0, 0.05) is 55.6 Å². The van der Waals surface area contributed by atoms with Crippen LogP contribution in [0.15, 0.2) is 65.3 Å². The van der Waals surface area contributed by atoms with E-state index in [1.54, 1.807) is 12.1 Å². The molecule has 2 heterocycles. The molecule has 0 atom stereocenters. The zero-order valence-corrected chi connectivity index (χ0v) is 20.2. The molecule has 10 heteroatoms. The fourth-order valence-corrected chi connectivity index (χ4v) is 3.52. The third kappa shape index (κ3) is 5.70. The summed E-state index contributed by atoms with van der Waals surface area (Å²) in [5.41, 5.74) is 2.86. The third-order valence-corrected chi connectivity index (χ3v) is 5.47. The van der Waals surface area contributed by atoms with Crippen molar-refractivity contribution >= 4 is 50.4 Å². The number of halogens is 1. The average molecular weight is 523 g/mol. The molecule has 0 aliphatic carbocycles. The van der Waals surface area contributed by atoms with Gasteiger partial charge in [-0.2, -0.15) is 0 Å². The van der Waals surface area contributed by atoms with Gasteiger partial charge in [-0.15, -0.1) is 0 Å². The van der Waals surface area contributed by atoms with E-state index in [1.165, 1.54) is 13.1 Å². The number of pyridine rings is 1. The van der Waals surface area contributed by atoms with E-state index in [9.17, 15) is 9.59 Å². The summed E-state index contributed by atoms with van der Waals surface area (Å²) in [4.78, 5) is 32.0. The third-order valence-electron chi connectivity index (χ3n) is 4.94. The van der Waals surface area contributed by atoms with Crippen LogP contribution in [-0.2, 0) is 11.8 Å². The molecule has 2 aromatic heterocycles. The van der Waals surface area contributed by atoms with Crippen LogP contribution >= 0.6 is 15.9 Å². The van der Waals surface area contributed by atoms with Crippen LogP contribution < -0.4 is 20.7 Å². The topological polar surface area (TPSA) is 110 Å². The van der Waals surface area contributed by atoms with Gasteiger partial charge in [-0.3, -0.25) is 14.6 Å². The number of carbonyl (C=O) groups is 2. The maximum Gasteiger partial charge on any atom is 0.270 e. The van der Waals surface area contributed by atoms with E-state index in [0.717, 1.165) is 21.2 Å². The SMILES string of the molecule is CC(=O)NCCNC(=O)c1cc(Oc2ccc3c(c2)nc(Nc2ccc(Br)cc2)n3C)ccn1. The number of aryl methyl sites for hydroxylation is 1. The second-order valence-electron chi connectivity index (χ2n) is 7.49. The fourth-order valence-electron chi connectivity index (χ4n) is 3.26. The number of carbonyl (C=O) groups excluding carboxylic acids is 2. The lowest BCUT2D eigenvalue weighted by Crippen LogP contribution is -2.33. The zero-order valence-electron chi connectivity index (χ0n) is 18.6. The second kappa shape index (κ2) is 10.3. The van der Waals surface area contributed by atoms with Crippen molar-refractivity contribution in [2.75, 3.05) is 18.4 Å². The summed E-state index contributed by atoms with van der Waals surface area (Å²) in [7, 11) is 1.94. The smallest absolute Gasteiger partial charge is 0.270 e. The highest BCUT2D eigenvalue weighted by atomic mass is 79.9. The molecule has 0 bridgehead atoms. The van der Waals surface area contributed by atoms with E-state index >= 15 is 0 Å². The van der Waals surface area contributed by atoms with Gasteiger partial charge in [0.15, 0.2) is 0 Å². The molecule has 3 N–H and O–H groups in total. The summed E-state index contributed by atoms with van der Waals surface area (Å²) < 4.78 is 8.94. The molecule has 0 radical (unpaired) electrons. The molecule has 34 heavy (non-hydrogen) atoms. The number of anilines is 2. The molecule has 9 nitrogen and oxygen atoms in total. The summed E-state index contributed by atoms with van der Waals surface area (Å²) in [6.45, 7) is 2.07. The van der Waals surface area contributed by atoms with Crippen molar-refractivity contribution in [3.8, 4) is 11.5 Å². The largest absolute Gasteiger partial charge is 0.457 e. The molecule has 4 aromatic rings. The Kier molecular flexibility index (Phi) is 7.07. The van der Waals surface area contributed by atoms with Gasteiger partial charge in [-0.25, -0.2) is 4.98 Å². The quantitative estimate of drug-likeness (QED) is 0.300. The predicted molar refractivity (Wildman–Crippen MR) is 133 cm³/mol. The fraction of sp³-hybridized carbons (Fsp3) is 0.167. The van der Waals surface area contributed by atoms with Crippen LogP contribution in [0.1, 0.15) is 17.4 Å². The van der Waals surface area contributed by atoms with Crippen molar-refractivity contribution in [3.63, 3.8) is 0 Å². The molecular formula is C24H23BrN6O3. The average Bonchev–Trinajstić information content (AvgIpc) is 3.12. The molecule has 4 rings (SSSR count). The van der Waals surface area contributed by atoms with Crippen LogP contribution in [0.3, 0.4) is 0 Å². The summed E-state index contributed by atoms with van der Waals surface area (Å²) in [6.07, 6.45) is 1.51. The summed E-state index contributed by atoms with van der Waals surface area (Å²) >= 11 is 3.44. The number of nitrogens with zero attached hydrogens (tertiary/aromatic N) is 3. The molecule has 2 aromatic carbocycles. The number of hydrogen-bond acceptors (Lipinski definition) is 6. The van der Waals surface area contributed by atoms with Crippen molar-refractivity contribution in [2.24, 2.45) is 7.05 Å². The first kappa shape index (κ1) is 23.2. The second-order valence-corrected chi connectivity index (χ2v) is 8.41. The first-order chi connectivity index (χ1) is 16.4. The lowest BCUT2D eigenvalue weighted by atomic mass is 10.3. The van der Waals surface area contributed by atoms with Crippen LogP contribution in [-0.4, -0.2) is 39.4 Å². The number of benzene rings is 2. The monoisotopic (exact) mass is 522 g/mol. The number of fused-ring (bicyclic) bond motifs is 1. The maximum atomic E-state index is 12.3. The molecule has 0 aliphatic heterocycles. The number of hydrogen-bond donors (Lipinski definition) is 3. The number of rotatable bonds is 8. The molecular weight excluding hydrogens is 500 g/mol. The summed E-state index contributed by atoms with van der Waals surface area (Å²) in [6, 6.07) is 16.7. The van der Waals surface area contributed by atoms with Gasteiger partial charge in [0.2, 0.25) is 11.9 Å². The van der Waals surface area contributed by atoms with Gasteiger partial charge in [-0.05, 0) is 42.5 Å². The molecule has 0 spiro atoms. The maximum absolute atomic E-state index is 12.3. The number of aromatic nitrogens is 3. The van der Waals surface area contributed by atoms with Gasteiger partial charge >= 0.3 is 0 Å². The lowest BCUT2D eigenvalue weighted by molar-refractivity contribution is -0.118. The highest BCUT2D eigenvalue weighted by Gasteiger charge is 2.12. The number of ether oxygens (including phenoxy) is 1. The van der Waals surface area contributed by atoms with Crippen molar-refractivity contribution in [1.82, 2.24) is 25.2 Å². The first-order valence-corrected chi connectivity index (χ1v) is 11.3. The van der Waals surface area contributed by atoms with Crippen LogP contribution in [0.25, 0.3) is 11.0 Å². The lowest BCUT2D eigenvalue weighted by Gasteiger charge is -2.08. The van der Waals surface area contributed by atoms with E-state index in [1.807, 2.05) is 54.1 Å². The van der Waals surface area contributed by atoms with Crippen LogP contribution in [0.4, 0.5) is 11.6 Å². The Bertz CT molecular complexity index is 1340. The Balaban J connectivity index is 1.46. The standard InChI is InChI=1S/C24H23BrN6O3/c1-15(32)26-11-12-28-23(33)21-14-19(9-10-27-21)34-18-7-8-22-20(13-18)30-24(31(22)2)29-17-5-3-16(25)4-6-17/h3-10,13-14H,11-12H2,1-2H3,(H,26,32)(H,28,33)(H,29,30). The van der Waals surface area contributed by atoms with Crippen molar-refractivity contribution in [1.29, 1.82) is 0 Å². The summed E-state index contributed by atoms with van der Waals surface area (Å²) in [5.74, 6) is 1.27. The highest BCUT2D eigenvalue weighted by Crippen LogP contribution is 2.28. The van der Waals surface area contributed by atoms with E-state index < -0.39 is 0 Å². The molecule has 2 amide bonds. The minimum Gasteiger partial charge on any atom is -0.457 e. The molecule has 0 saturated carbocycles. The minimum absolute atomic E-state index is 0.149. The van der Waals surface area contributed by atoms with Crippen molar-refractivity contribution in [3.05, 3.63) is 71.0 Å². The Morgan fingerprint density at radius 1 is 1.00 bits per heavy atom. The molecule has 0 fully saturated rings. The van der Waals surface area contributed by atoms with Crippen molar-refractivity contribution < 1.29 is 14.3 Å². The number of amides is 2. The van der Waals surface area contributed by atoms with Crippen molar-refractivity contribution in [2.45, 2.75) is 6.92 Å². The Hall–Kier alpha value is -3.92. The van der Waals surface area contributed by atoms with E-state index in [4.69, 9.17) is 4.74 Å². The molecule has 0 saturated heterocycles. The van der Waals surface area contributed by atoms with Gasteiger partial charge in [-0.1, -0.05) is 15.9 Å². The Morgan fingerprint density at radius 2 is 1.74 bits per heavy atom. The number of imidazole rings is 1. The molecule has 174 valence electrons. The van der Waals surface area contributed by atoms with Crippen LogP contribution in [0.2, 0.25) is 0 Å². The normalized spacial score (nSPS) is 10.7. The van der Waals surface area contributed by atoms with Gasteiger partial charge < -0.3 is 25.3 Å². The van der Waals surface area contributed by atoms with Crippen LogP contribution in [0.5, 0.6) is 11.5 Å². The van der Waals surface area contributed by atoms with Gasteiger partial charge in [0.25, 0.3) is 5.91 Å². The Morgan fingerprint density at radius 3 is 2.50 bits per heavy atom. The van der Waals surface area contributed by atoms with E-state index in [-0.39, 0.29) is 17.5 Å².